The molecule has 1 unspecified atom stereocenters. The minimum atomic E-state index is -0.105. The van der Waals surface area contributed by atoms with Crippen LogP contribution in [0.3, 0.4) is 0 Å². The average Bonchev–Trinajstić information content (AvgIpc) is 2.87. The van der Waals surface area contributed by atoms with Gasteiger partial charge in [-0.2, -0.15) is 0 Å². The van der Waals surface area contributed by atoms with Crippen LogP contribution in [0.15, 0.2) is 9.95 Å². The maximum Gasteiger partial charge on any atom is 0.257 e. The van der Waals surface area contributed by atoms with E-state index >= 15 is 0 Å². The predicted molar refractivity (Wildman–Crippen MR) is 86.5 cm³/mol. The van der Waals surface area contributed by atoms with Crippen molar-refractivity contribution in [2.75, 3.05) is 25.5 Å². The first-order chi connectivity index (χ1) is 10.5. The van der Waals surface area contributed by atoms with Crippen LogP contribution in [-0.4, -0.2) is 41.0 Å². The van der Waals surface area contributed by atoms with Gasteiger partial charge in [-0.05, 0) is 27.2 Å². The Bertz CT molecular complexity index is 600. The number of thioether (sulfide) groups is 1. The van der Waals surface area contributed by atoms with Crippen LogP contribution in [0.1, 0.15) is 37.1 Å². The molecule has 22 heavy (non-hydrogen) atoms. The number of hydrogen-bond donors (Lipinski definition) is 1. The molecule has 1 amide bonds. The normalized spacial score (nSPS) is 16.6. The second kappa shape index (κ2) is 7.78. The maximum atomic E-state index is 12.4. The largest absolute Gasteiger partial charge is 0.382 e. The fraction of sp³-hybridized carbons (Fsp3) is 0.667. The molecule has 1 aliphatic heterocycles. The highest BCUT2D eigenvalue weighted by molar-refractivity contribution is 7.99. The van der Waals surface area contributed by atoms with Crippen molar-refractivity contribution in [3.05, 3.63) is 21.6 Å². The van der Waals surface area contributed by atoms with Gasteiger partial charge in [0.2, 0.25) is 5.91 Å². The lowest BCUT2D eigenvalue weighted by atomic mass is 10.2. The fourth-order valence-electron chi connectivity index (χ4n) is 2.36. The molecule has 0 radical (unpaired) electrons. The Morgan fingerprint density at radius 1 is 1.50 bits per heavy atom. The Kier molecular flexibility index (Phi) is 6.02. The van der Waals surface area contributed by atoms with Gasteiger partial charge in [0.1, 0.15) is 0 Å². The number of aromatic nitrogens is 2. The summed E-state index contributed by atoms with van der Waals surface area (Å²) in [5.41, 5.74) is 1.40. The molecule has 1 atom stereocenters. The van der Waals surface area contributed by atoms with Gasteiger partial charge in [0, 0.05) is 43.2 Å². The van der Waals surface area contributed by atoms with Crippen LogP contribution in [0.2, 0.25) is 0 Å². The number of carbonyl (C=O) groups excluding carboxylic acids is 1. The summed E-state index contributed by atoms with van der Waals surface area (Å²) in [6.07, 6.45) is 1.12. The third-order valence-electron chi connectivity index (χ3n) is 3.73. The highest BCUT2D eigenvalue weighted by atomic mass is 32.2. The number of ether oxygens (including phenoxy) is 1. The van der Waals surface area contributed by atoms with E-state index in [0.29, 0.717) is 31.7 Å². The zero-order chi connectivity index (χ0) is 16.1. The van der Waals surface area contributed by atoms with Crippen molar-refractivity contribution in [1.82, 2.24) is 14.9 Å². The zero-order valence-electron chi connectivity index (χ0n) is 13.3. The third kappa shape index (κ3) is 3.89. The van der Waals surface area contributed by atoms with Crippen LogP contribution >= 0.6 is 11.8 Å². The number of aryl methyl sites for hydroxylation is 1. The molecule has 7 heteroatoms. The summed E-state index contributed by atoms with van der Waals surface area (Å²) < 4.78 is 6.90. The molecule has 2 heterocycles. The standard InChI is InChI=1S/C15H23N3O3S/c1-4-21-7-5-6-16-13(19)8-12-9-22-15-17-11(3)10(2)14(20)18(12)15/h12H,4-9H2,1-3H3,(H,16,19). The summed E-state index contributed by atoms with van der Waals surface area (Å²) in [5, 5.41) is 3.61. The van der Waals surface area contributed by atoms with Crippen molar-refractivity contribution < 1.29 is 9.53 Å². The topological polar surface area (TPSA) is 73.2 Å². The molecule has 0 aromatic carbocycles. The Morgan fingerprint density at radius 3 is 3.00 bits per heavy atom. The summed E-state index contributed by atoms with van der Waals surface area (Å²) in [7, 11) is 0. The minimum Gasteiger partial charge on any atom is -0.382 e. The van der Waals surface area contributed by atoms with E-state index in [4.69, 9.17) is 4.74 Å². The van der Waals surface area contributed by atoms with Gasteiger partial charge in [-0.25, -0.2) is 4.98 Å². The van der Waals surface area contributed by atoms with Gasteiger partial charge in [0.05, 0.1) is 6.04 Å². The first-order valence-electron chi connectivity index (χ1n) is 7.61. The Morgan fingerprint density at radius 2 is 2.27 bits per heavy atom. The van der Waals surface area contributed by atoms with Crippen LogP contribution in [0.25, 0.3) is 0 Å². The second-order valence-electron chi connectivity index (χ2n) is 5.35. The molecule has 1 aliphatic rings. The Labute approximate surface area is 134 Å². The van der Waals surface area contributed by atoms with Crippen LogP contribution in [0, 0.1) is 13.8 Å². The SMILES string of the molecule is CCOCCCNC(=O)CC1CSc2nc(C)c(C)c(=O)n21. The van der Waals surface area contributed by atoms with Gasteiger partial charge in [-0.3, -0.25) is 14.2 Å². The van der Waals surface area contributed by atoms with Gasteiger partial charge in [-0.15, -0.1) is 0 Å². The summed E-state index contributed by atoms with van der Waals surface area (Å²) in [6, 6.07) is -0.105. The average molecular weight is 325 g/mol. The molecule has 0 aliphatic carbocycles. The highest BCUT2D eigenvalue weighted by Gasteiger charge is 2.28. The van der Waals surface area contributed by atoms with Gasteiger partial charge >= 0.3 is 0 Å². The molecule has 0 fully saturated rings. The number of rotatable bonds is 7. The van der Waals surface area contributed by atoms with Crippen molar-refractivity contribution in [1.29, 1.82) is 0 Å². The van der Waals surface area contributed by atoms with Crippen molar-refractivity contribution >= 4 is 17.7 Å². The predicted octanol–water partition coefficient (Wildman–Crippen LogP) is 1.44. The van der Waals surface area contributed by atoms with E-state index in [1.807, 2.05) is 13.8 Å². The zero-order valence-corrected chi connectivity index (χ0v) is 14.2. The van der Waals surface area contributed by atoms with E-state index in [1.165, 1.54) is 0 Å². The lowest BCUT2D eigenvalue weighted by Crippen LogP contribution is -2.32. The molecule has 0 saturated heterocycles. The van der Waals surface area contributed by atoms with E-state index < -0.39 is 0 Å². The number of nitrogens with zero attached hydrogens (tertiary/aromatic N) is 2. The number of hydrogen-bond acceptors (Lipinski definition) is 5. The van der Waals surface area contributed by atoms with E-state index in [1.54, 1.807) is 23.3 Å². The van der Waals surface area contributed by atoms with Crippen LogP contribution in [-0.2, 0) is 9.53 Å². The number of fused-ring (bicyclic) bond motifs is 1. The molecule has 2 rings (SSSR count). The van der Waals surface area contributed by atoms with E-state index in [2.05, 4.69) is 10.3 Å². The molecule has 0 spiro atoms. The molecule has 1 aromatic heterocycles. The molecular weight excluding hydrogens is 302 g/mol. The number of amides is 1. The van der Waals surface area contributed by atoms with Crippen LogP contribution < -0.4 is 10.9 Å². The lowest BCUT2D eigenvalue weighted by Gasteiger charge is -2.14. The van der Waals surface area contributed by atoms with E-state index in [0.717, 1.165) is 23.0 Å². The van der Waals surface area contributed by atoms with Crippen molar-refractivity contribution in [3.8, 4) is 0 Å². The quantitative estimate of drug-likeness (QED) is 0.606. The molecule has 0 saturated carbocycles. The monoisotopic (exact) mass is 325 g/mol. The lowest BCUT2D eigenvalue weighted by molar-refractivity contribution is -0.121. The van der Waals surface area contributed by atoms with Gasteiger partial charge < -0.3 is 10.1 Å². The van der Waals surface area contributed by atoms with Crippen molar-refractivity contribution in [3.63, 3.8) is 0 Å². The first-order valence-corrected chi connectivity index (χ1v) is 8.60. The smallest absolute Gasteiger partial charge is 0.257 e. The molecular formula is C15H23N3O3S. The molecule has 6 nitrogen and oxygen atoms in total. The summed E-state index contributed by atoms with van der Waals surface area (Å²) >= 11 is 1.54. The van der Waals surface area contributed by atoms with Crippen molar-refractivity contribution in [2.24, 2.45) is 0 Å². The minimum absolute atomic E-state index is 0.0263. The van der Waals surface area contributed by atoms with Crippen molar-refractivity contribution in [2.45, 2.75) is 44.8 Å². The fourth-order valence-corrected chi connectivity index (χ4v) is 3.54. The highest BCUT2D eigenvalue weighted by Crippen LogP contribution is 2.32. The van der Waals surface area contributed by atoms with Gasteiger partial charge in [0.15, 0.2) is 5.16 Å². The van der Waals surface area contributed by atoms with Crippen LogP contribution in [0.4, 0.5) is 0 Å². The maximum absolute atomic E-state index is 12.4. The van der Waals surface area contributed by atoms with Crippen LogP contribution in [0.5, 0.6) is 0 Å². The molecule has 122 valence electrons. The molecule has 1 aromatic rings. The van der Waals surface area contributed by atoms with E-state index in [-0.39, 0.29) is 17.5 Å². The molecule has 0 bridgehead atoms. The second-order valence-corrected chi connectivity index (χ2v) is 6.34. The first kappa shape index (κ1) is 17.0. The molecule has 1 N–H and O–H groups in total. The van der Waals surface area contributed by atoms with E-state index in [9.17, 15) is 9.59 Å². The summed E-state index contributed by atoms with van der Waals surface area (Å²) in [5.74, 6) is 0.692. The summed E-state index contributed by atoms with van der Waals surface area (Å²) in [4.78, 5) is 28.8. The van der Waals surface area contributed by atoms with Gasteiger partial charge in [0.25, 0.3) is 5.56 Å². The Balaban J connectivity index is 1.93. The summed E-state index contributed by atoms with van der Waals surface area (Å²) in [6.45, 7) is 7.52. The van der Waals surface area contributed by atoms with Gasteiger partial charge in [-0.1, -0.05) is 11.8 Å². The Hall–Kier alpha value is -1.34. The number of carbonyl (C=O) groups is 1. The number of nitrogens with one attached hydrogen (secondary N) is 1. The third-order valence-corrected chi connectivity index (χ3v) is 4.83.